The monoisotopic (exact) mass is 495 g/mol. The second-order valence-electron chi connectivity index (χ2n) is 8.21. The van der Waals surface area contributed by atoms with Crippen LogP contribution in [0, 0.1) is 11.7 Å². The Bertz CT molecular complexity index is 742. The number of Topliss-reactive ketones (excluding diaryl/α,β-unsaturated/α-hetero) is 1. The fourth-order valence-electron chi connectivity index (χ4n) is 4.27. The van der Waals surface area contributed by atoms with Crippen LogP contribution >= 0.6 is 37.2 Å². The van der Waals surface area contributed by atoms with E-state index < -0.39 is 12.1 Å². The van der Waals surface area contributed by atoms with Crippen molar-refractivity contribution >= 4 is 43.0 Å². The first kappa shape index (κ1) is 28.3. The topological polar surface area (TPSA) is 55.8 Å². The number of aliphatic hydroxyl groups excluding tert-OH is 1. The molecular formula is C22H33Cl3FN3O2. The number of carbonyl (C=O) groups is 1. The Balaban J connectivity index is 0.00000160. The van der Waals surface area contributed by atoms with Crippen LogP contribution in [0.4, 0.5) is 4.39 Å². The fourth-order valence-corrected chi connectivity index (χ4v) is 4.27. The summed E-state index contributed by atoms with van der Waals surface area (Å²) in [6.07, 6.45) is 4.03. The van der Waals surface area contributed by atoms with Gasteiger partial charge in [0.1, 0.15) is 5.82 Å². The van der Waals surface area contributed by atoms with Crippen molar-refractivity contribution in [2.45, 2.75) is 31.4 Å². The molecule has 9 heteroatoms. The Morgan fingerprint density at radius 3 is 2.45 bits per heavy atom. The molecule has 31 heavy (non-hydrogen) atoms. The number of hydrogen-bond donors (Lipinski definition) is 2. The van der Waals surface area contributed by atoms with Crippen molar-refractivity contribution in [1.82, 2.24) is 15.1 Å². The molecule has 3 fully saturated rings. The molecule has 2 saturated heterocycles. The number of aliphatic hydroxyl groups is 1. The summed E-state index contributed by atoms with van der Waals surface area (Å²) >= 11 is 0. The number of halogens is 4. The standard InChI is InChI=1S/C22H30FN3O2.3ClH/c23-19-4-2-1-3-18(19)21(22(28)16-5-6-16)26-12-8-20(27)17(15-26)7-11-25-13-9-24-10-14-25;;;/h1-4,7,16,20-21,24,27H,5-6,8-15H2;3*1H/b17-7+;;;. The van der Waals surface area contributed by atoms with Crippen LogP contribution in [0.3, 0.4) is 0 Å². The van der Waals surface area contributed by atoms with Gasteiger partial charge in [-0.2, -0.15) is 0 Å². The maximum absolute atomic E-state index is 14.5. The van der Waals surface area contributed by atoms with Gasteiger partial charge in [-0.3, -0.25) is 14.6 Å². The highest BCUT2D eigenvalue weighted by Gasteiger charge is 2.40. The van der Waals surface area contributed by atoms with Gasteiger partial charge in [0.05, 0.1) is 12.1 Å². The third-order valence-corrected chi connectivity index (χ3v) is 6.14. The number of hydrogen-bond acceptors (Lipinski definition) is 5. The molecule has 2 unspecified atom stereocenters. The molecule has 0 bridgehead atoms. The molecule has 3 aliphatic rings. The number of ketones is 1. The van der Waals surface area contributed by atoms with Crippen molar-refractivity contribution < 1.29 is 14.3 Å². The minimum absolute atomic E-state index is 0. The molecule has 2 heterocycles. The number of rotatable bonds is 6. The number of piperazine rings is 1. The number of nitrogens with zero attached hydrogens (tertiary/aromatic N) is 2. The van der Waals surface area contributed by atoms with Crippen molar-refractivity contribution in [3.8, 4) is 0 Å². The molecule has 0 spiro atoms. The van der Waals surface area contributed by atoms with Crippen LogP contribution in [0.15, 0.2) is 35.9 Å². The lowest BCUT2D eigenvalue weighted by Crippen LogP contribution is -2.45. The highest BCUT2D eigenvalue weighted by Crippen LogP contribution is 2.39. The van der Waals surface area contributed by atoms with Crippen LogP contribution in [0.1, 0.15) is 30.9 Å². The SMILES string of the molecule is Cl.Cl.Cl.O=C(C1CC1)C(c1ccccc1F)N1CCC(O)/C(=C/CN2CCNCC2)C1. The third kappa shape index (κ3) is 7.13. The first-order valence-corrected chi connectivity index (χ1v) is 10.5. The fraction of sp³-hybridized carbons (Fsp3) is 0.591. The summed E-state index contributed by atoms with van der Waals surface area (Å²) in [5.74, 6) is -0.133. The van der Waals surface area contributed by atoms with E-state index >= 15 is 0 Å². The van der Waals surface area contributed by atoms with E-state index in [0.717, 1.165) is 51.1 Å². The highest BCUT2D eigenvalue weighted by atomic mass is 35.5. The van der Waals surface area contributed by atoms with Gasteiger partial charge in [0.2, 0.25) is 0 Å². The van der Waals surface area contributed by atoms with Gasteiger partial charge in [0.15, 0.2) is 5.78 Å². The van der Waals surface area contributed by atoms with Gasteiger partial charge >= 0.3 is 0 Å². The molecule has 176 valence electrons. The average molecular weight is 497 g/mol. The van der Waals surface area contributed by atoms with Gasteiger partial charge in [0, 0.05) is 57.3 Å². The summed E-state index contributed by atoms with van der Waals surface area (Å²) in [6, 6.07) is 6.07. The molecule has 1 aromatic rings. The van der Waals surface area contributed by atoms with Crippen molar-refractivity contribution in [2.24, 2.45) is 5.92 Å². The lowest BCUT2D eigenvalue weighted by molar-refractivity contribution is -0.126. The van der Waals surface area contributed by atoms with Crippen molar-refractivity contribution in [1.29, 1.82) is 0 Å². The largest absolute Gasteiger partial charge is 0.389 e. The molecule has 1 aliphatic carbocycles. The van der Waals surface area contributed by atoms with E-state index in [1.807, 2.05) is 0 Å². The lowest BCUT2D eigenvalue weighted by atomic mass is 9.92. The average Bonchev–Trinajstić information content (AvgIpc) is 3.56. The van der Waals surface area contributed by atoms with Gasteiger partial charge in [-0.15, -0.1) is 37.2 Å². The maximum atomic E-state index is 14.5. The third-order valence-electron chi connectivity index (χ3n) is 6.14. The van der Waals surface area contributed by atoms with E-state index in [1.165, 1.54) is 6.07 Å². The van der Waals surface area contributed by atoms with Gasteiger partial charge < -0.3 is 10.4 Å². The molecule has 1 aromatic carbocycles. The summed E-state index contributed by atoms with van der Waals surface area (Å²) in [5.41, 5.74) is 1.42. The second-order valence-corrected chi connectivity index (χ2v) is 8.21. The first-order chi connectivity index (χ1) is 13.6. The van der Waals surface area contributed by atoms with Crippen LogP contribution in [0.25, 0.3) is 0 Å². The van der Waals surface area contributed by atoms with E-state index in [2.05, 4.69) is 21.2 Å². The predicted octanol–water partition coefficient (Wildman–Crippen LogP) is 3.01. The van der Waals surface area contributed by atoms with Gasteiger partial charge in [-0.1, -0.05) is 24.3 Å². The van der Waals surface area contributed by atoms with Crippen molar-refractivity contribution in [3.05, 3.63) is 47.3 Å². The number of nitrogens with one attached hydrogen (secondary N) is 1. The predicted molar refractivity (Wildman–Crippen MR) is 128 cm³/mol. The normalized spacial score (nSPS) is 24.5. The molecule has 5 nitrogen and oxygen atoms in total. The van der Waals surface area contributed by atoms with E-state index in [1.54, 1.807) is 18.2 Å². The van der Waals surface area contributed by atoms with Crippen LogP contribution in [-0.2, 0) is 4.79 Å². The summed E-state index contributed by atoms with van der Waals surface area (Å²) in [5, 5.41) is 13.8. The van der Waals surface area contributed by atoms with E-state index in [-0.39, 0.29) is 54.7 Å². The zero-order chi connectivity index (χ0) is 19.5. The molecular weight excluding hydrogens is 464 g/mol. The molecule has 2 aliphatic heterocycles. The van der Waals surface area contributed by atoms with E-state index in [0.29, 0.717) is 25.1 Å². The molecule has 2 atom stereocenters. The summed E-state index contributed by atoms with van der Waals surface area (Å²) in [4.78, 5) is 17.5. The quantitative estimate of drug-likeness (QED) is 0.593. The molecule has 4 rings (SSSR count). The Morgan fingerprint density at radius 1 is 1.13 bits per heavy atom. The van der Waals surface area contributed by atoms with Gasteiger partial charge in [0.25, 0.3) is 0 Å². The maximum Gasteiger partial charge on any atom is 0.157 e. The van der Waals surface area contributed by atoms with Gasteiger partial charge in [-0.25, -0.2) is 4.39 Å². The number of piperidine rings is 1. The summed E-state index contributed by atoms with van der Waals surface area (Å²) in [6.45, 7) is 5.91. The van der Waals surface area contributed by atoms with Crippen LogP contribution < -0.4 is 5.32 Å². The number of carbonyl (C=O) groups excluding carboxylic acids is 1. The van der Waals surface area contributed by atoms with Crippen LogP contribution in [-0.4, -0.2) is 72.6 Å². The second kappa shape index (κ2) is 13.1. The van der Waals surface area contributed by atoms with Crippen LogP contribution in [0.2, 0.25) is 0 Å². The molecule has 1 saturated carbocycles. The number of benzene rings is 1. The van der Waals surface area contributed by atoms with E-state index in [9.17, 15) is 14.3 Å². The zero-order valence-corrected chi connectivity index (χ0v) is 20.0. The van der Waals surface area contributed by atoms with E-state index in [4.69, 9.17) is 0 Å². The highest BCUT2D eigenvalue weighted by molar-refractivity contribution is 5.89. The first-order valence-electron chi connectivity index (χ1n) is 10.5. The molecule has 2 N–H and O–H groups in total. The molecule has 0 amide bonds. The zero-order valence-electron chi connectivity index (χ0n) is 17.5. The Hall–Kier alpha value is -0.730. The Labute approximate surface area is 202 Å². The lowest BCUT2D eigenvalue weighted by Gasteiger charge is -2.38. The van der Waals surface area contributed by atoms with Crippen molar-refractivity contribution in [3.63, 3.8) is 0 Å². The minimum atomic E-state index is -0.552. The molecule has 0 aromatic heterocycles. The van der Waals surface area contributed by atoms with Crippen molar-refractivity contribution in [2.75, 3.05) is 45.8 Å². The molecule has 0 radical (unpaired) electrons. The minimum Gasteiger partial charge on any atom is -0.389 e. The smallest absolute Gasteiger partial charge is 0.157 e. The summed E-state index contributed by atoms with van der Waals surface area (Å²) < 4.78 is 14.5. The van der Waals surface area contributed by atoms with Gasteiger partial charge in [-0.05, 0) is 30.9 Å². The van der Waals surface area contributed by atoms with Crippen LogP contribution in [0.5, 0.6) is 0 Å². The Kier molecular flexibility index (Phi) is 12.0. The number of likely N-dealkylation sites (tertiary alicyclic amines) is 1. The summed E-state index contributed by atoms with van der Waals surface area (Å²) in [7, 11) is 0. The Morgan fingerprint density at radius 2 is 1.81 bits per heavy atom.